The second-order valence-electron chi connectivity index (χ2n) is 3.95. The summed E-state index contributed by atoms with van der Waals surface area (Å²) < 4.78 is 0. The fourth-order valence-corrected chi connectivity index (χ4v) is 2.39. The molecule has 0 aromatic heterocycles. The van der Waals surface area contributed by atoms with E-state index in [1.54, 1.807) is 24.3 Å². The number of phenols is 1. The number of carbonyl (C=O) groups is 1. The smallest absolute Gasteiger partial charge is 0.232 e. The Morgan fingerprint density at radius 2 is 1.80 bits per heavy atom. The summed E-state index contributed by atoms with van der Waals surface area (Å²) in [5.41, 5.74) is 0. The molecule has 0 saturated carbocycles. The van der Waals surface area contributed by atoms with Crippen LogP contribution in [0.5, 0.6) is 5.75 Å². The molecule has 0 atom stereocenters. The molecule has 0 bridgehead atoms. The van der Waals surface area contributed by atoms with Gasteiger partial charge in [0.05, 0.1) is 30.7 Å². The van der Waals surface area contributed by atoms with Crippen LogP contribution in [0.15, 0.2) is 29.2 Å². The van der Waals surface area contributed by atoms with E-state index >= 15 is 0 Å². The molecule has 1 aromatic carbocycles. The molecular formula is C14H15N3O2S. The average molecular weight is 289 g/mol. The maximum atomic E-state index is 12.0. The number of para-hydroxylation sites is 1. The molecule has 0 fully saturated rings. The molecule has 0 heterocycles. The van der Waals surface area contributed by atoms with Gasteiger partial charge in [0.2, 0.25) is 5.91 Å². The van der Waals surface area contributed by atoms with Crippen molar-refractivity contribution in [3.05, 3.63) is 24.3 Å². The Kier molecular flexibility index (Phi) is 7.02. The van der Waals surface area contributed by atoms with Crippen LogP contribution in [0.2, 0.25) is 0 Å². The first-order valence-corrected chi connectivity index (χ1v) is 7.10. The summed E-state index contributed by atoms with van der Waals surface area (Å²) in [6.07, 6.45) is 0.497. The number of amides is 1. The maximum absolute atomic E-state index is 12.0. The molecule has 6 heteroatoms. The minimum Gasteiger partial charge on any atom is -0.507 e. The zero-order valence-electron chi connectivity index (χ0n) is 11.0. The maximum Gasteiger partial charge on any atom is 0.232 e. The molecule has 0 saturated heterocycles. The van der Waals surface area contributed by atoms with E-state index in [4.69, 9.17) is 10.5 Å². The number of hydrogen-bond acceptors (Lipinski definition) is 5. The van der Waals surface area contributed by atoms with Gasteiger partial charge in [-0.1, -0.05) is 12.1 Å². The van der Waals surface area contributed by atoms with Gasteiger partial charge in [-0.15, -0.1) is 11.8 Å². The largest absolute Gasteiger partial charge is 0.507 e. The number of thioether (sulfide) groups is 1. The molecule has 104 valence electrons. The Balaban J connectivity index is 2.55. The zero-order valence-corrected chi connectivity index (χ0v) is 11.8. The van der Waals surface area contributed by atoms with Crippen LogP contribution in [0.3, 0.4) is 0 Å². The number of nitrogens with zero attached hydrogens (tertiary/aromatic N) is 3. The van der Waals surface area contributed by atoms with Crippen LogP contribution >= 0.6 is 11.8 Å². The van der Waals surface area contributed by atoms with Crippen molar-refractivity contribution >= 4 is 17.7 Å². The summed E-state index contributed by atoms with van der Waals surface area (Å²) in [6, 6.07) is 10.8. The van der Waals surface area contributed by atoms with Crippen LogP contribution < -0.4 is 0 Å². The molecule has 0 spiro atoms. The number of carbonyl (C=O) groups excluding carboxylic acids is 1. The highest BCUT2D eigenvalue weighted by atomic mass is 32.2. The van der Waals surface area contributed by atoms with E-state index < -0.39 is 0 Å². The van der Waals surface area contributed by atoms with Gasteiger partial charge in [0, 0.05) is 18.0 Å². The van der Waals surface area contributed by atoms with Gasteiger partial charge >= 0.3 is 0 Å². The Morgan fingerprint density at radius 3 is 2.35 bits per heavy atom. The second-order valence-corrected chi connectivity index (χ2v) is 4.97. The van der Waals surface area contributed by atoms with Crippen molar-refractivity contribution in [2.75, 3.05) is 18.8 Å². The highest BCUT2D eigenvalue weighted by Gasteiger charge is 2.14. The normalized spacial score (nSPS) is 9.50. The van der Waals surface area contributed by atoms with E-state index in [9.17, 15) is 9.90 Å². The number of aromatic hydroxyl groups is 1. The zero-order chi connectivity index (χ0) is 14.8. The summed E-state index contributed by atoms with van der Waals surface area (Å²) in [5, 5.41) is 26.8. The Morgan fingerprint density at radius 1 is 1.20 bits per heavy atom. The molecule has 0 aliphatic carbocycles. The van der Waals surface area contributed by atoms with Crippen LogP contribution in [0.1, 0.15) is 12.8 Å². The monoisotopic (exact) mass is 289 g/mol. The summed E-state index contributed by atoms with van der Waals surface area (Å²) in [5.74, 6) is 0.184. The van der Waals surface area contributed by atoms with Crippen molar-refractivity contribution in [3.63, 3.8) is 0 Å². The fraction of sp³-hybridized carbons (Fsp3) is 0.357. The first-order chi connectivity index (χ1) is 9.69. The lowest BCUT2D eigenvalue weighted by Gasteiger charge is -2.20. The van der Waals surface area contributed by atoms with Crippen molar-refractivity contribution in [1.82, 2.24) is 4.90 Å². The lowest BCUT2D eigenvalue weighted by atomic mass is 10.3. The SMILES string of the molecule is N#CCCN(CCC#N)C(=O)CSc1ccccc1O. The molecule has 5 nitrogen and oxygen atoms in total. The third kappa shape index (κ3) is 5.21. The van der Waals surface area contributed by atoms with Crippen molar-refractivity contribution < 1.29 is 9.90 Å². The number of nitriles is 2. The average Bonchev–Trinajstić information content (AvgIpc) is 2.46. The summed E-state index contributed by atoms with van der Waals surface area (Å²) in [6.45, 7) is 0.663. The van der Waals surface area contributed by atoms with Gasteiger partial charge < -0.3 is 10.0 Å². The molecular weight excluding hydrogens is 274 g/mol. The first kappa shape index (κ1) is 15.9. The lowest BCUT2D eigenvalue weighted by Crippen LogP contribution is -2.34. The van der Waals surface area contributed by atoms with E-state index in [1.807, 2.05) is 12.1 Å². The number of phenolic OH excluding ortho intramolecular Hbond substituents is 1. The van der Waals surface area contributed by atoms with Gasteiger partial charge in [0.1, 0.15) is 5.75 Å². The molecule has 20 heavy (non-hydrogen) atoms. The fourth-order valence-electron chi connectivity index (χ4n) is 1.54. The first-order valence-electron chi connectivity index (χ1n) is 6.11. The van der Waals surface area contributed by atoms with E-state index in [-0.39, 0.29) is 30.3 Å². The summed E-state index contributed by atoms with van der Waals surface area (Å²) >= 11 is 1.24. The highest BCUT2D eigenvalue weighted by Crippen LogP contribution is 2.27. The van der Waals surface area contributed by atoms with E-state index in [1.165, 1.54) is 16.7 Å². The van der Waals surface area contributed by atoms with Gasteiger partial charge in [-0.25, -0.2) is 0 Å². The summed E-state index contributed by atoms with van der Waals surface area (Å²) in [7, 11) is 0. The van der Waals surface area contributed by atoms with Gasteiger partial charge in [0.15, 0.2) is 0 Å². The Hall–Kier alpha value is -2.18. The van der Waals surface area contributed by atoms with Gasteiger partial charge in [-0.3, -0.25) is 4.79 Å². The third-order valence-electron chi connectivity index (χ3n) is 2.56. The van der Waals surface area contributed by atoms with E-state index in [0.717, 1.165) is 0 Å². The molecule has 1 rings (SSSR count). The predicted octanol–water partition coefficient (Wildman–Crippen LogP) is 2.14. The van der Waals surface area contributed by atoms with Gasteiger partial charge in [0.25, 0.3) is 0 Å². The predicted molar refractivity (Wildman–Crippen MR) is 75.9 cm³/mol. The van der Waals surface area contributed by atoms with Gasteiger partial charge in [-0.2, -0.15) is 10.5 Å². The van der Waals surface area contributed by atoms with Crippen LogP contribution in [0.4, 0.5) is 0 Å². The van der Waals surface area contributed by atoms with Crippen LogP contribution in [0.25, 0.3) is 0 Å². The lowest BCUT2D eigenvalue weighted by molar-refractivity contribution is -0.128. The van der Waals surface area contributed by atoms with E-state index in [0.29, 0.717) is 18.0 Å². The van der Waals surface area contributed by atoms with Crippen LogP contribution in [-0.4, -0.2) is 34.8 Å². The van der Waals surface area contributed by atoms with Gasteiger partial charge in [-0.05, 0) is 12.1 Å². The molecule has 1 N–H and O–H groups in total. The quantitative estimate of drug-likeness (QED) is 0.777. The number of rotatable bonds is 7. The molecule has 0 aliphatic heterocycles. The third-order valence-corrected chi connectivity index (χ3v) is 3.60. The Bertz CT molecular complexity index is 516. The number of hydrogen-bond donors (Lipinski definition) is 1. The molecule has 0 unspecified atom stereocenters. The topological polar surface area (TPSA) is 88.1 Å². The Labute approximate surface area is 122 Å². The standard InChI is InChI=1S/C14H15N3O2S/c15-7-3-9-17(10-4-8-16)14(19)11-20-13-6-2-1-5-12(13)18/h1-2,5-6,18H,3-4,9-11H2. The molecule has 0 radical (unpaired) electrons. The minimum absolute atomic E-state index is 0.135. The minimum atomic E-state index is -0.135. The highest BCUT2D eigenvalue weighted by molar-refractivity contribution is 8.00. The van der Waals surface area contributed by atoms with E-state index in [2.05, 4.69) is 0 Å². The van der Waals surface area contributed by atoms with Crippen molar-refractivity contribution in [2.24, 2.45) is 0 Å². The van der Waals surface area contributed by atoms with Crippen molar-refractivity contribution in [1.29, 1.82) is 10.5 Å². The molecule has 1 amide bonds. The van der Waals surface area contributed by atoms with Crippen molar-refractivity contribution in [2.45, 2.75) is 17.7 Å². The van der Waals surface area contributed by atoms with Crippen molar-refractivity contribution in [3.8, 4) is 17.9 Å². The summed E-state index contributed by atoms with van der Waals surface area (Å²) in [4.78, 5) is 14.2. The molecule has 1 aromatic rings. The van der Waals surface area contributed by atoms with Crippen LogP contribution in [0, 0.1) is 22.7 Å². The van der Waals surface area contributed by atoms with Crippen LogP contribution in [-0.2, 0) is 4.79 Å². The number of benzene rings is 1. The molecule has 0 aliphatic rings. The second kappa shape index (κ2) is 8.84.